The fourth-order valence-electron chi connectivity index (χ4n) is 1.97. The first kappa shape index (κ1) is 15.0. The third kappa shape index (κ3) is 3.60. The fourth-order valence-corrected chi connectivity index (χ4v) is 1.97. The van der Waals surface area contributed by atoms with Gasteiger partial charge < -0.3 is 11.1 Å². The molecule has 1 aromatic carbocycles. The predicted molar refractivity (Wildman–Crippen MR) is 75.2 cm³/mol. The van der Waals surface area contributed by atoms with Gasteiger partial charge in [0.05, 0.1) is 17.3 Å². The Labute approximate surface area is 121 Å². The van der Waals surface area contributed by atoms with Crippen LogP contribution in [0.2, 0.25) is 0 Å². The molecule has 0 aliphatic rings. The highest BCUT2D eigenvalue weighted by molar-refractivity contribution is 5.93. The van der Waals surface area contributed by atoms with Crippen LogP contribution in [0, 0.1) is 11.7 Å². The van der Waals surface area contributed by atoms with E-state index >= 15 is 0 Å². The zero-order chi connectivity index (χ0) is 15.2. The van der Waals surface area contributed by atoms with Crippen LogP contribution in [0.1, 0.15) is 19.8 Å². The van der Waals surface area contributed by atoms with Crippen LogP contribution in [0.15, 0.2) is 24.5 Å². The molecule has 7 nitrogen and oxygen atoms in total. The van der Waals surface area contributed by atoms with Crippen LogP contribution >= 0.6 is 0 Å². The maximum absolute atomic E-state index is 13.8. The highest BCUT2D eigenvalue weighted by Crippen LogP contribution is 2.19. The Kier molecular flexibility index (Phi) is 4.94. The third-order valence-electron chi connectivity index (χ3n) is 3.11. The maximum atomic E-state index is 13.8. The third-order valence-corrected chi connectivity index (χ3v) is 3.11. The van der Waals surface area contributed by atoms with Gasteiger partial charge in [0, 0.05) is 6.54 Å². The van der Waals surface area contributed by atoms with Crippen molar-refractivity contribution in [3.8, 4) is 5.69 Å². The van der Waals surface area contributed by atoms with Crippen LogP contribution in [0.4, 0.5) is 10.1 Å². The molecule has 0 radical (unpaired) electrons. The van der Waals surface area contributed by atoms with Crippen molar-refractivity contribution in [3.63, 3.8) is 0 Å². The number of anilines is 1. The molecule has 1 amide bonds. The van der Waals surface area contributed by atoms with Gasteiger partial charge in [0.25, 0.3) is 0 Å². The van der Waals surface area contributed by atoms with Crippen LogP contribution < -0.4 is 11.1 Å². The Hall–Kier alpha value is -2.35. The number of tetrazole rings is 1. The van der Waals surface area contributed by atoms with Gasteiger partial charge in [-0.25, -0.2) is 9.07 Å². The summed E-state index contributed by atoms with van der Waals surface area (Å²) in [6.45, 7) is 2.20. The maximum Gasteiger partial charge on any atom is 0.228 e. The van der Waals surface area contributed by atoms with Crippen LogP contribution in [0.5, 0.6) is 0 Å². The largest absolute Gasteiger partial charge is 0.330 e. The highest BCUT2D eigenvalue weighted by atomic mass is 19.1. The van der Waals surface area contributed by atoms with E-state index in [9.17, 15) is 9.18 Å². The SMILES string of the molecule is CCCC(CN)C(=O)Nc1cc(-n2cnnn2)ccc1F. The smallest absolute Gasteiger partial charge is 0.228 e. The van der Waals surface area contributed by atoms with Gasteiger partial charge >= 0.3 is 0 Å². The van der Waals surface area contributed by atoms with Gasteiger partial charge in [-0.3, -0.25) is 4.79 Å². The van der Waals surface area contributed by atoms with Gasteiger partial charge in [0.1, 0.15) is 12.1 Å². The molecule has 1 atom stereocenters. The Morgan fingerprint density at radius 2 is 2.33 bits per heavy atom. The summed E-state index contributed by atoms with van der Waals surface area (Å²) in [7, 11) is 0. The van der Waals surface area contributed by atoms with Gasteiger partial charge in [0.15, 0.2) is 0 Å². The second kappa shape index (κ2) is 6.89. The Bertz CT molecular complexity index is 601. The van der Waals surface area contributed by atoms with E-state index in [0.29, 0.717) is 12.1 Å². The second-order valence-corrected chi connectivity index (χ2v) is 4.63. The molecule has 2 rings (SSSR count). The first-order chi connectivity index (χ1) is 10.2. The summed E-state index contributed by atoms with van der Waals surface area (Å²) >= 11 is 0. The van der Waals surface area contributed by atoms with Crippen LogP contribution in [-0.4, -0.2) is 32.7 Å². The van der Waals surface area contributed by atoms with Gasteiger partial charge in [-0.05, 0) is 35.0 Å². The molecular weight excluding hydrogens is 275 g/mol. The molecule has 2 aromatic rings. The summed E-state index contributed by atoms with van der Waals surface area (Å²) in [6, 6.07) is 4.25. The van der Waals surface area contributed by atoms with E-state index in [1.54, 1.807) is 0 Å². The van der Waals surface area contributed by atoms with Crippen molar-refractivity contribution in [3.05, 3.63) is 30.3 Å². The number of nitrogens with one attached hydrogen (secondary N) is 1. The van der Waals surface area contributed by atoms with E-state index in [1.165, 1.54) is 29.2 Å². The Balaban J connectivity index is 2.19. The van der Waals surface area contributed by atoms with Crippen molar-refractivity contribution in [1.29, 1.82) is 0 Å². The van der Waals surface area contributed by atoms with Gasteiger partial charge in [-0.15, -0.1) is 5.10 Å². The highest BCUT2D eigenvalue weighted by Gasteiger charge is 2.17. The minimum atomic E-state index is -0.521. The molecule has 1 heterocycles. The van der Waals surface area contributed by atoms with Crippen LogP contribution in [0.3, 0.4) is 0 Å². The van der Waals surface area contributed by atoms with Crippen molar-refractivity contribution in [1.82, 2.24) is 20.2 Å². The van der Waals surface area contributed by atoms with Gasteiger partial charge in [-0.1, -0.05) is 13.3 Å². The molecule has 0 aliphatic heterocycles. The molecule has 3 N–H and O–H groups in total. The number of nitrogens with zero attached hydrogens (tertiary/aromatic N) is 4. The van der Waals surface area contributed by atoms with Crippen molar-refractivity contribution in [2.75, 3.05) is 11.9 Å². The second-order valence-electron chi connectivity index (χ2n) is 4.63. The zero-order valence-electron chi connectivity index (χ0n) is 11.7. The number of rotatable bonds is 6. The molecule has 0 bridgehead atoms. The van der Waals surface area contributed by atoms with Crippen molar-refractivity contribution < 1.29 is 9.18 Å². The number of carbonyl (C=O) groups excluding carboxylic acids is 1. The summed E-state index contributed by atoms with van der Waals surface area (Å²) in [5, 5.41) is 13.3. The first-order valence-corrected chi connectivity index (χ1v) is 6.69. The first-order valence-electron chi connectivity index (χ1n) is 6.69. The van der Waals surface area contributed by atoms with Crippen molar-refractivity contribution in [2.24, 2.45) is 11.7 Å². The Morgan fingerprint density at radius 3 is 2.95 bits per heavy atom. The number of aromatic nitrogens is 4. The van der Waals surface area contributed by atoms with Gasteiger partial charge in [0.2, 0.25) is 5.91 Å². The van der Waals surface area contributed by atoms with E-state index < -0.39 is 5.82 Å². The van der Waals surface area contributed by atoms with E-state index in [4.69, 9.17) is 5.73 Å². The lowest BCUT2D eigenvalue weighted by Gasteiger charge is -2.14. The minimum absolute atomic E-state index is 0.0857. The average Bonchev–Trinajstić information content (AvgIpc) is 3.01. The summed E-state index contributed by atoms with van der Waals surface area (Å²) < 4.78 is 15.2. The average molecular weight is 292 g/mol. The molecule has 1 aromatic heterocycles. The summed E-state index contributed by atoms with van der Waals surface area (Å²) in [6.07, 6.45) is 2.89. The minimum Gasteiger partial charge on any atom is -0.330 e. The number of nitrogens with two attached hydrogens (primary N) is 1. The molecule has 0 spiro atoms. The summed E-state index contributed by atoms with van der Waals surface area (Å²) in [4.78, 5) is 12.1. The molecule has 0 fully saturated rings. The van der Waals surface area contributed by atoms with Crippen LogP contribution in [0.25, 0.3) is 5.69 Å². The molecule has 0 aliphatic carbocycles. The van der Waals surface area contributed by atoms with E-state index in [-0.39, 0.29) is 24.1 Å². The lowest BCUT2D eigenvalue weighted by atomic mass is 10.0. The molecule has 8 heteroatoms. The van der Waals surface area contributed by atoms with Gasteiger partial charge in [-0.2, -0.15) is 0 Å². The normalized spacial score (nSPS) is 12.1. The Morgan fingerprint density at radius 1 is 1.52 bits per heavy atom. The summed E-state index contributed by atoms with van der Waals surface area (Å²) in [5.41, 5.74) is 6.21. The number of benzene rings is 1. The zero-order valence-corrected chi connectivity index (χ0v) is 11.7. The van der Waals surface area contributed by atoms with E-state index in [2.05, 4.69) is 20.8 Å². The molecular formula is C13H17FN6O. The molecule has 21 heavy (non-hydrogen) atoms. The van der Waals surface area contributed by atoms with Crippen molar-refractivity contribution in [2.45, 2.75) is 19.8 Å². The number of halogens is 1. The lowest BCUT2D eigenvalue weighted by molar-refractivity contribution is -0.119. The number of hydrogen-bond acceptors (Lipinski definition) is 5. The predicted octanol–water partition coefficient (Wildman–Crippen LogP) is 1.11. The molecule has 0 saturated carbocycles. The summed E-state index contributed by atoms with van der Waals surface area (Å²) in [5.74, 6) is -1.13. The van der Waals surface area contributed by atoms with E-state index in [0.717, 1.165) is 6.42 Å². The topological polar surface area (TPSA) is 98.7 Å². The number of carbonyl (C=O) groups is 1. The van der Waals surface area contributed by atoms with Crippen molar-refractivity contribution >= 4 is 11.6 Å². The molecule has 0 saturated heterocycles. The monoisotopic (exact) mass is 292 g/mol. The lowest BCUT2D eigenvalue weighted by Crippen LogP contribution is -2.29. The van der Waals surface area contributed by atoms with Crippen LogP contribution in [-0.2, 0) is 4.79 Å². The number of hydrogen-bond donors (Lipinski definition) is 2. The standard InChI is InChI=1S/C13H17FN6O/c1-2-3-9(7-15)13(21)17-12-6-10(4-5-11(12)14)20-8-16-18-19-20/h4-6,8-9H,2-3,7,15H2,1H3,(H,17,21). The quantitative estimate of drug-likeness (QED) is 0.831. The number of amides is 1. The fraction of sp³-hybridized carbons (Fsp3) is 0.385. The molecule has 112 valence electrons. The van der Waals surface area contributed by atoms with E-state index in [1.807, 2.05) is 6.92 Å². The molecule has 1 unspecified atom stereocenters.